The Morgan fingerprint density at radius 2 is 1.74 bits per heavy atom. The molecule has 1 aliphatic rings. The summed E-state index contributed by atoms with van der Waals surface area (Å²) < 4.78 is 21.9. The van der Waals surface area contributed by atoms with Crippen molar-refractivity contribution in [2.45, 2.75) is 26.3 Å². The van der Waals surface area contributed by atoms with Gasteiger partial charge in [-0.15, -0.1) is 0 Å². The van der Waals surface area contributed by atoms with Gasteiger partial charge >= 0.3 is 6.03 Å². The topological polar surface area (TPSA) is 96.7 Å². The van der Waals surface area contributed by atoms with Gasteiger partial charge in [-0.25, -0.2) is 4.79 Å². The molecule has 226 valence electrons. The number of aryl methyl sites for hydroxylation is 1. The van der Waals surface area contributed by atoms with Crippen molar-refractivity contribution in [3.8, 4) is 11.5 Å². The van der Waals surface area contributed by atoms with E-state index in [-0.39, 0.29) is 18.5 Å². The quantitative estimate of drug-likeness (QED) is 0.305. The van der Waals surface area contributed by atoms with Crippen LogP contribution in [0, 0.1) is 0 Å². The minimum absolute atomic E-state index is 0.0592. The SMILES string of the molecule is CCc1cccc(NC(=O)N(CCN2CCOCC2)CC(=O)N(CCc2ccc(OC)c(OC)c2)Cc2ccco2)c1. The number of carbonyl (C=O) groups excluding carboxylic acids is 2. The Morgan fingerprint density at radius 1 is 0.929 bits per heavy atom. The van der Waals surface area contributed by atoms with Crippen LogP contribution in [0.5, 0.6) is 11.5 Å². The highest BCUT2D eigenvalue weighted by atomic mass is 16.5. The highest BCUT2D eigenvalue weighted by molar-refractivity contribution is 5.92. The zero-order valence-corrected chi connectivity index (χ0v) is 24.8. The normalized spacial score (nSPS) is 13.4. The van der Waals surface area contributed by atoms with Gasteiger partial charge in [0.15, 0.2) is 11.5 Å². The minimum atomic E-state index is -0.303. The molecule has 42 heavy (non-hydrogen) atoms. The van der Waals surface area contributed by atoms with Crippen LogP contribution in [-0.4, -0.2) is 93.3 Å². The molecule has 1 N–H and O–H groups in total. The molecular weight excluding hydrogens is 536 g/mol. The Labute approximate surface area is 248 Å². The number of morpholine rings is 1. The van der Waals surface area contributed by atoms with Crippen LogP contribution >= 0.6 is 0 Å². The van der Waals surface area contributed by atoms with Crippen LogP contribution in [0.15, 0.2) is 65.3 Å². The predicted molar refractivity (Wildman–Crippen MR) is 161 cm³/mol. The monoisotopic (exact) mass is 578 g/mol. The van der Waals surface area contributed by atoms with Crippen LogP contribution in [0.25, 0.3) is 0 Å². The van der Waals surface area contributed by atoms with E-state index in [0.29, 0.717) is 68.8 Å². The lowest BCUT2D eigenvalue weighted by atomic mass is 10.1. The molecule has 0 unspecified atom stereocenters. The van der Waals surface area contributed by atoms with E-state index in [1.54, 1.807) is 36.3 Å². The van der Waals surface area contributed by atoms with Gasteiger partial charge in [-0.1, -0.05) is 25.1 Å². The van der Waals surface area contributed by atoms with Crippen molar-refractivity contribution >= 4 is 17.6 Å². The van der Waals surface area contributed by atoms with Gasteiger partial charge in [0, 0.05) is 38.4 Å². The summed E-state index contributed by atoms with van der Waals surface area (Å²) in [6, 6.07) is 16.9. The molecule has 3 amide bonds. The minimum Gasteiger partial charge on any atom is -0.493 e. The van der Waals surface area contributed by atoms with E-state index >= 15 is 0 Å². The Bertz CT molecular complexity index is 1280. The number of amides is 3. The number of anilines is 1. The molecule has 3 aromatic rings. The van der Waals surface area contributed by atoms with Gasteiger partial charge in [-0.2, -0.15) is 0 Å². The van der Waals surface area contributed by atoms with E-state index in [4.69, 9.17) is 18.6 Å². The van der Waals surface area contributed by atoms with E-state index in [9.17, 15) is 9.59 Å². The van der Waals surface area contributed by atoms with E-state index in [0.717, 1.165) is 30.6 Å². The molecule has 10 nitrogen and oxygen atoms in total. The maximum Gasteiger partial charge on any atom is 0.322 e. The van der Waals surface area contributed by atoms with Gasteiger partial charge in [-0.3, -0.25) is 9.69 Å². The third-order valence-corrected chi connectivity index (χ3v) is 7.39. The van der Waals surface area contributed by atoms with Gasteiger partial charge in [0.1, 0.15) is 12.3 Å². The maximum atomic E-state index is 13.8. The highest BCUT2D eigenvalue weighted by Crippen LogP contribution is 2.28. The Balaban J connectivity index is 1.48. The molecule has 1 saturated heterocycles. The molecule has 4 rings (SSSR count). The Hall–Kier alpha value is -4.02. The van der Waals surface area contributed by atoms with Crippen molar-refractivity contribution in [2.24, 2.45) is 0 Å². The fourth-order valence-corrected chi connectivity index (χ4v) is 4.86. The van der Waals surface area contributed by atoms with Gasteiger partial charge in [0.05, 0.1) is 40.2 Å². The van der Waals surface area contributed by atoms with E-state index in [1.807, 2.05) is 48.5 Å². The number of urea groups is 1. The third-order valence-electron chi connectivity index (χ3n) is 7.39. The van der Waals surface area contributed by atoms with Gasteiger partial charge in [-0.05, 0) is 60.4 Å². The highest BCUT2D eigenvalue weighted by Gasteiger charge is 2.24. The number of benzene rings is 2. The second-order valence-electron chi connectivity index (χ2n) is 10.2. The van der Waals surface area contributed by atoms with Crippen LogP contribution in [0.1, 0.15) is 23.8 Å². The molecule has 0 bridgehead atoms. The number of carbonyl (C=O) groups is 2. The molecule has 1 aliphatic heterocycles. The molecule has 0 saturated carbocycles. The van der Waals surface area contributed by atoms with Crippen LogP contribution in [0.4, 0.5) is 10.5 Å². The molecule has 0 aliphatic carbocycles. The lowest BCUT2D eigenvalue weighted by Gasteiger charge is -2.31. The number of methoxy groups -OCH3 is 2. The molecule has 0 spiro atoms. The summed E-state index contributed by atoms with van der Waals surface area (Å²) >= 11 is 0. The first-order valence-corrected chi connectivity index (χ1v) is 14.4. The van der Waals surface area contributed by atoms with E-state index in [2.05, 4.69) is 17.1 Å². The third kappa shape index (κ3) is 8.99. The summed E-state index contributed by atoms with van der Waals surface area (Å²) in [6.45, 7) is 6.77. The lowest BCUT2D eigenvalue weighted by Crippen LogP contribution is -2.48. The first kappa shape index (κ1) is 30.9. The lowest BCUT2D eigenvalue weighted by molar-refractivity contribution is -0.132. The maximum absolute atomic E-state index is 13.8. The zero-order valence-electron chi connectivity index (χ0n) is 24.8. The second kappa shape index (κ2) is 15.8. The van der Waals surface area contributed by atoms with Crippen molar-refractivity contribution in [1.82, 2.24) is 14.7 Å². The van der Waals surface area contributed by atoms with Crippen molar-refractivity contribution in [3.63, 3.8) is 0 Å². The average molecular weight is 579 g/mol. The van der Waals surface area contributed by atoms with Crippen LogP contribution in [0.2, 0.25) is 0 Å². The molecule has 1 fully saturated rings. The van der Waals surface area contributed by atoms with Crippen molar-refractivity contribution in [1.29, 1.82) is 0 Å². The number of nitrogens with zero attached hydrogens (tertiary/aromatic N) is 3. The zero-order chi connectivity index (χ0) is 29.7. The summed E-state index contributed by atoms with van der Waals surface area (Å²) in [5.74, 6) is 1.80. The summed E-state index contributed by atoms with van der Waals surface area (Å²) in [6.07, 6.45) is 3.06. The number of rotatable bonds is 14. The summed E-state index contributed by atoms with van der Waals surface area (Å²) in [7, 11) is 3.20. The number of hydrogen-bond acceptors (Lipinski definition) is 7. The predicted octanol–water partition coefficient (Wildman–Crippen LogP) is 4.30. The molecule has 0 atom stereocenters. The fraction of sp³-hybridized carbons (Fsp3) is 0.438. The second-order valence-corrected chi connectivity index (χ2v) is 10.2. The standard InChI is InChI=1S/C32H42N4O6/c1-4-25-7-5-8-27(21-25)33-32(38)36(15-14-34-16-19-41-20-17-34)24-31(37)35(23-28-9-6-18-42-28)13-12-26-10-11-29(39-2)30(22-26)40-3/h5-11,18,21-22H,4,12-17,19-20,23-24H2,1-3H3,(H,33,38). The average Bonchev–Trinajstić information content (AvgIpc) is 3.54. The number of hydrogen-bond donors (Lipinski definition) is 1. The van der Waals surface area contributed by atoms with Crippen LogP contribution in [0.3, 0.4) is 0 Å². The Morgan fingerprint density at radius 3 is 2.45 bits per heavy atom. The van der Waals surface area contributed by atoms with E-state index < -0.39 is 0 Å². The van der Waals surface area contributed by atoms with Crippen LogP contribution < -0.4 is 14.8 Å². The fourth-order valence-electron chi connectivity index (χ4n) is 4.86. The molecule has 1 aromatic heterocycles. The molecule has 2 heterocycles. The summed E-state index contributed by atoms with van der Waals surface area (Å²) in [5, 5.41) is 3.00. The van der Waals surface area contributed by atoms with Crippen molar-refractivity contribution in [3.05, 3.63) is 77.7 Å². The van der Waals surface area contributed by atoms with Crippen molar-refractivity contribution < 1.29 is 28.2 Å². The summed E-state index contributed by atoms with van der Waals surface area (Å²) in [4.78, 5) is 32.9. The van der Waals surface area contributed by atoms with Gasteiger partial charge < -0.3 is 33.7 Å². The summed E-state index contributed by atoms with van der Waals surface area (Å²) in [5.41, 5.74) is 2.84. The number of ether oxygens (including phenoxy) is 3. The smallest absolute Gasteiger partial charge is 0.322 e. The van der Waals surface area contributed by atoms with Crippen LogP contribution in [-0.2, 0) is 28.9 Å². The molecule has 10 heteroatoms. The van der Waals surface area contributed by atoms with Crippen molar-refractivity contribution in [2.75, 3.05) is 72.0 Å². The number of nitrogens with one attached hydrogen (secondary N) is 1. The van der Waals surface area contributed by atoms with Gasteiger partial charge in [0.2, 0.25) is 5.91 Å². The van der Waals surface area contributed by atoms with Gasteiger partial charge in [0.25, 0.3) is 0 Å². The molecular formula is C32H42N4O6. The molecule has 2 aromatic carbocycles. The van der Waals surface area contributed by atoms with E-state index in [1.165, 1.54) is 0 Å². The number of furan rings is 1. The Kier molecular flexibility index (Phi) is 11.7. The largest absolute Gasteiger partial charge is 0.493 e. The molecule has 0 radical (unpaired) electrons. The first-order chi connectivity index (χ1) is 20.5. The first-order valence-electron chi connectivity index (χ1n) is 14.4.